The van der Waals surface area contributed by atoms with E-state index in [4.69, 9.17) is 0 Å². The second kappa shape index (κ2) is 4.68. The Morgan fingerprint density at radius 1 is 1.17 bits per heavy atom. The Bertz CT molecular complexity index is 706. The van der Waals surface area contributed by atoms with Crippen molar-refractivity contribution in [2.45, 2.75) is 6.54 Å². The minimum atomic E-state index is -0.188. The summed E-state index contributed by atoms with van der Waals surface area (Å²) < 4.78 is 16.6. The summed E-state index contributed by atoms with van der Waals surface area (Å²) in [6.45, 7) is 0.455. The van der Waals surface area contributed by atoms with Crippen LogP contribution in [0.1, 0.15) is 5.56 Å². The van der Waals surface area contributed by atoms with Gasteiger partial charge in [-0.25, -0.2) is 4.39 Å². The van der Waals surface area contributed by atoms with Crippen LogP contribution in [0.5, 0.6) is 0 Å². The topological polar surface area (TPSA) is 17.8 Å². The van der Waals surface area contributed by atoms with E-state index in [1.54, 1.807) is 12.1 Å². The first-order valence-electron chi connectivity index (χ1n) is 5.58. The first-order chi connectivity index (χ1) is 8.74. The van der Waals surface area contributed by atoms with Gasteiger partial charge in [-0.2, -0.15) is 5.10 Å². The molecule has 0 saturated heterocycles. The Morgan fingerprint density at radius 2 is 2.00 bits per heavy atom. The zero-order valence-electron chi connectivity index (χ0n) is 9.48. The first-order valence-corrected chi connectivity index (χ1v) is 6.66. The third-order valence-electron chi connectivity index (χ3n) is 2.88. The van der Waals surface area contributed by atoms with Gasteiger partial charge in [-0.15, -0.1) is 0 Å². The first kappa shape index (κ1) is 11.6. The van der Waals surface area contributed by atoms with Gasteiger partial charge in [0.1, 0.15) is 5.82 Å². The number of aromatic nitrogens is 2. The van der Waals surface area contributed by atoms with Gasteiger partial charge in [0.25, 0.3) is 0 Å². The van der Waals surface area contributed by atoms with E-state index in [0.717, 1.165) is 10.9 Å². The summed E-state index contributed by atoms with van der Waals surface area (Å²) >= 11 is 2.27. The van der Waals surface area contributed by atoms with Gasteiger partial charge in [-0.3, -0.25) is 4.68 Å². The number of rotatable bonds is 2. The zero-order valence-corrected chi connectivity index (χ0v) is 11.6. The molecule has 1 heterocycles. The average Bonchev–Trinajstić information content (AvgIpc) is 2.74. The molecule has 0 amide bonds. The largest absolute Gasteiger partial charge is 0.260 e. The van der Waals surface area contributed by atoms with Crippen LogP contribution in [0.3, 0.4) is 0 Å². The van der Waals surface area contributed by atoms with Gasteiger partial charge in [0.15, 0.2) is 0 Å². The van der Waals surface area contributed by atoms with E-state index in [1.807, 2.05) is 29.1 Å². The van der Waals surface area contributed by atoms with E-state index in [9.17, 15) is 4.39 Å². The summed E-state index contributed by atoms with van der Waals surface area (Å²) in [5.41, 5.74) is 1.68. The Morgan fingerprint density at radius 3 is 2.83 bits per heavy atom. The number of benzene rings is 2. The number of hydrogen-bond donors (Lipinski definition) is 0. The van der Waals surface area contributed by atoms with Crippen molar-refractivity contribution in [1.82, 2.24) is 9.78 Å². The molecule has 0 aliphatic rings. The van der Waals surface area contributed by atoms with E-state index in [-0.39, 0.29) is 5.82 Å². The van der Waals surface area contributed by atoms with Gasteiger partial charge >= 0.3 is 0 Å². The van der Waals surface area contributed by atoms with Crippen LogP contribution in [0.25, 0.3) is 10.9 Å². The monoisotopic (exact) mass is 352 g/mol. The molecule has 0 saturated carbocycles. The van der Waals surface area contributed by atoms with Crippen LogP contribution < -0.4 is 0 Å². The molecular formula is C14H10FIN2. The van der Waals surface area contributed by atoms with Crippen LogP contribution in [0, 0.1) is 9.39 Å². The fourth-order valence-electron chi connectivity index (χ4n) is 1.97. The number of nitrogens with zero attached hydrogens (tertiary/aromatic N) is 2. The number of halogens is 2. The molecule has 2 nitrogen and oxygen atoms in total. The summed E-state index contributed by atoms with van der Waals surface area (Å²) in [6.07, 6.45) is 1.82. The van der Waals surface area contributed by atoms with E-state index < -0.39 is 0 Å². The lowest BCUT2D eigenvalue weighted by atomic mass is 10.2. The van der Waals surface area contributed by atoms with Gasteiger partial charge < -0.3 is 0 Å². The lowest BCUT2D eigenvalue weighted by molar-refractivity contribution is 0.590. The highest BCUT2D eigenvalue weighted by Gasteiger charge is 2.06. The van der Waals surface area contributed by atoms with Gasteiger partial charge in [0.2, 0.25) is 0 Å². The van der Waals surface area contributed by atoms with E-state index >= 15 is 0 Å². The van der Waals surface area contributed by atoms with Crippen molar-refractivity contribution in [2.24, 2.45) is 0 Å². The molecule has 2 aromatic carbocycles. The van der Waals surface area contributed by atoms with Crippen molar-refractivity contribution in [1.29, 1.82) is 0 Å². The molecule has 0 N–H and O–H groups in total. The fourth-order valence-corrected chi connectivity index (χ4v) is 2.49. The van der Waals surface area contributed by atoms with Crippen molar-refractivity contribution in [3.8, 4) is 0 Å². The molecule has 0 spiro atoms. The quantitative estimate of drug-likeness (QED) is 0.641. The molecule has 0 atom stereocenters. The standard InChI is InChI=1S/C14H10FIN2/c15-13-4-2-1-3-10(13)9-18-14-6-5-12(16)7-11(14)8-17-18/h1-8H,9H2. The second-order valence-corrected chi connectivity index (χ2v) is 5.34. The highest BCUT2D eigenvalue weighted by molar-refractivity contribution is 14.1. The molecule has 1 aromatic heterocycles. The van der Waals surface area contributed by atoms with Gasteiger partial charge in [0.05, 0.1) is 18.3 Å². The third kappa shape index (κ3) is 2.12. The summed E-state index contributed by atoms with van der Waals surface area (Å²) in [5.74, 6) is -0.188. The molecule has 4 heteroatoms. The number of fused-ring (bicyclic) bond motifs is 1. The predicted molar refractivity (Wildman–Crippen MR) is 78.0 cm³/mol. The minimum Gasteiger partial charge on any atom is -0.260 e. The van der Waals surface area contributed by atoms with Crippen molar-refractivity contribution in [2.75, 3.05) is 0 Å². The van der Waals surface area contributed by atoms with E-state index in [0.29, 0.717) is 12.1 Å². The summed E-state index contributed by atoms with van der Waals surface area (Å²) in [5, 5.41) is 5.40. The fraction of sp³-hybridized carbons (Fsp3) is 0.0714. The summed E-state index contributed by atoms with van der Waals surface area (Å²) in [4.78, 5) is 0. The van der Waals surface area contributed by atoms with E-state index in [1.165, 1.54) is 9.64 Å². The Labute approximate surface area is 118 Å². The van der Waals surface area contributed by atoms with E-state index in [2.05, 4.69) is 33.8 Å². The Hall–Kier alpha value is -1.43. The predicted octanol–water partition coefficient (Wildman–Crippen LogP) is 3.83. The van der Waals surface area contributed by atoms with Gasteiger partial charge in [-0.1, -0.05) is 18.2 Å². The maximum absolute atomic E-state index is 13.6. The van der Waals surface area contributed by atoms with Gasteiger partial charge in [0, 0.05) is 14.5 Å². The molecular weight excluding hydrogens is 342 g/mol. The SMILES string of the molecule is Fc1ccccc1Cn1ncc2cc(I)ccc21. The lowest BCUT2D eigenvalue weighted by Crippen LogP contribution is -2.03. The van der Waals surface area contributed by atoms with Crippen LogP contribution in [-0.4, -0.2) is 9.78 Å². The van der Waals surface area contributed by atoms with Crippen LogP contribution in [0.2, 0.25) is 0 Å². The molecule has 0 unspecified atom stereocenters. The smallest absolute Gasteiger partial charge is 0.128 e. The maximum Gasteiger partial charge on any atom is 0.128 e. The van der Waals surface area contributed by atoms with Crippen LogP contribution in [-0.2, 0) is 6.54 Å². The number of hydrogen-bond acceptors (Lipinski definition) is 1. The van der Waals surface area contributed by atoms with Crippen LogP contribution in [0.15, 0.2) is 48.7 Å². The van der Waals surface area contributed by atoms with Crippen LogP contribution in [0.4, 0.5) is 4.39 Å². The Kier molecular flexibility index (Phi) is 3.03. The Balaban J connectivity index is 2.03. The van der Waals surface area contributed by atoms with Crippen molar-refractivity contribution in [3.05, 3.63) is 63.6 Å². The maximum atomic E-state index is 13.6. The zero-order chi connectivity index (χ0) is 12.5. The van der Waals surface area contributed by atoms with Crippen molar-refractivity contribution in [3.63, 3.8) is 0 Å². The van der Waals surface area contributed by atoms with Crippen molar-refractivity contribution < 1.29 is 4.39 Å². The molecule has 3 aromatic rings. The summed E-state index contributed by atoms with van der Waals surface area (Å²) in [7, 11) is 0. The highest BCUT2D eigenvalue weighted by Crippen LogP contribution is 2.18. The third-order valence-corrected chi connectivity index (χ3v) is 3.55. The molecule has 90 valence electrons. The molecule has 0 aliphatic carbocycles. The minimum absolute atomic E-state index is 0.188. The molecule has 3 rings (SSSR count). The lowest BCUT2D eigenvalue weighted by Gasteiger charge is -2.05. The molecule has 0 aliphatic heterocycles. The summed E-state index contributed by atoms with van der Waals surface area (Å²) in [6, 6.07) is 12.9. The normalized spacial score (nSPS) is 11.0. The molecule has 0 radical (unpaired) electrons. The molecule has 18 heavy (non-hydrogen) atoms. The average molecular weight is 352 g/mol. The van der Waals surface area contributed by atoms with Gasteiger partial charge in [-0.05, 0) is 46.9 Å². The molecule has 0 bridgehead atoms. The van der Waals surface area contributed by atoms with Crippen LogP contribution >= 0.6 is 22.6 Å². The van der Waals surface area contributed by atoms with Crippen molar-refractivity contribution >= 4 is 33.5 Å². The molecule has 0 fully saturated rings. The second-order valence-electron chi connectivity index (χ2n) is 4.10. The highest BCUT2D eigenvalue weighted by atomic mass is 127.